The Balaban J connectivity index is 2.68. The van der Waals surface area contributed by atoms with Crippen molar-refractivity contribution in [3.8, 4) is 6.07 Å². The molecule has 5 nitrogen and oxygen atoms in total. The lowest BCUT2D eigenvalue weighted by Crippen LogP contribution is -2.46. The van der Waals surface area contributed by atoms with E-state index in [0.29, 0.717) is 17.8 Å². The second-order valence-electron chi connectivity index (χ2n) is 5.59. The van der Waals surface area contributed by atoms with Gasteiger partial charge in [-0.05, 0) is 46.0 Å². The van der Waals surface area contributed by atoms with Crippen molar-refractivity contribution in [2.24, 2.45) is 0 Å². The van der Waals surface area contributed by atoms with Crippen LogP contribution in [0.5, 0.6) is 0 Å². The predicted molar refractivity (Wildman–Crippen MR) is 78.2 cm³/mol. The van der Waals surface area contributed by atoms with E-state index in [1.807, 2.05) is 6.07 Å². The molecule has 1 rings (SSSR count). The number of likely N-dealkylation sites (N-methyl/N-ethyl adjacent to an activating group) is 1. The third kappa shape index (κ3) is 5.00. The van der Waals surface area contributed by atoms with E-state index in [4.69, 9.17) is 5.26 Å². The van der Waals surface area contributed by atoms with Gasteiger partial charge in [-0.1, -0.05) is 6.07 Å². The highest BCUT2D eigenvalue weighted by Gasteiger charge is 2.23. The van der Waals surface area contributed by atoms with Crippen LogP contribution in [0.15, 0.2) is 24.3 Å². The van der Waals surface area contributed by atoms with Crippen molar-refractivity contribution in [1.29, 1.82) is 5.26 Å². The molecule has 1 aromatic rings. The number of anilines is 1. The summed E-state index contributed by atoms with van der Waals surface area (Å²) in [4.78, 5) is 13.9. The molecule has 0 heterocycles. The first-order valence-electron chi connectivity index (χ1n) is 6.46. The number of nitrogens with one attached hydrogen (secondary N) is 1. The van der Waals surface area contributed by atoms with E-state index in [9.17, 15) is 9.90 Å². The van der Waals surface area contributed by atoms with Crippen LogP contribution in [0.1, 0.15) is 26.3 Å². The van der Waals surface area contributed by atoms with Gasteiger partial charge in [-0.15, -0.1) is 0 Å². The third-order valence-corrected chi connectivity index (χ3v) is 2.94. The standard InChI is InChI=1S/C15H21N3O2/c1-11(18(4)10-15(2,3)20)14(19)17-13-7-5-6-12(8-13)9-16/h5-8,11,20H,10H2,1-4H3,(H,17,19). The lowest BCUT2D eigenvalue weighted by atomic mass is 10.1. The number of carbonyl (C=O) groups excluding carboxylic acids is 1. The molecule has 0 aliphatic heterocycles. The van der Waals surface area contributed by atoms with Crippen molar-refractivity contribution >= 4 is 11.6 Å². The molecule has 0 aliphatic rings. The first-order valence-corrected chi connectivity index (χ1v) is 6.46. The zero-order chi connectivity index (χ0) is 15.3. The van der Waals surface area contributed by atoms with Crippen molar-refractivity contribution in [3.05, 3.63) is 29.8 Å². The molecule has 108 valence electrons. The minimum absolute atomic E-state index is 0.174. The first kappa shape index (κ1) is 16.2. The summed E-state index contributed by atoms with van der Waals surface area (Å²) in [5, 5.41) is 21.4. The van der Waals surface area contributed by atoms with Crippen LogP contribution in [0.2, 0.25) is 0 Å². The lowest BCUT2D eigenvalue weighted by molar-refractivity contribution is -0.121. The van der Waals surface area contributed by atoms with E-state index in [1.54, 1.807) is 57.0 Å². The van der Waals surface area contributed by atoms with Crippen LogP contribution in [0.25, 0.3) is 0 Å². The van der Waals surface area contributed by atoms with Crippen molar-refractivity contribution in [3.63, 3.8) is 0 Å². The van der Waals surface area contributed by atoms with Gasteiger partial charge in [-0.25, -0.2) is 0 Å². The van der Waals surface area contributed by atoms with Gasteiger partial charge in [-0.2, -0.15) is 5.26 Å². The van der Waals surface area contributed by atoms with Crippen molar-refractivity contribution in [1.82, 2.24) is 4.90 Å². The molecule has 2 N–H and O–H groups in total. The fraction of sp³-hybridized carbons (Fsp3) is 0.467. The summed E-state index contributed by atoms with van der Waals surface area (Å²) in [6.45, 7) is 5.56. The number of amides is 1. The Bertz CT molecular complexity index is 515. The molecule has 1 aromatic carbocycles. The van der Waals surface area contributed by atoms with Crippen molar-refractivity contribution in [2.75, 3.05) is 18.9 Å². The number of benzene rings is 1. The molecular weight excluding hydrogens is 254 g/mol. The molecular formula is C15H21N3O2. The average Bonchev–Trinajstić information content (AvgIpc) is 2.36. The predicted octanol–water partition coefficient (Wildman–Crippen LogP) is 1.59. The second kappa shape index (κ2) is 6.51. The number of hydrogen-bond donors (Lipinski definition) is 2. The summed E-state index contributed by atoms with van der Waals surface area (Å²) >= 11 is 0. The monoisotopic (exact) mass is 275 g/mol. The SMILES string of the molecule is CC(C(=O)Nc1cccc(C#N)c1)N(C)CC(C)(C)O. The second-order valence-corrected chi connectivity index (χ2v) is 5.59. The lowest BCUT2D eigenvalue weighted by Gasteiger charge is -2.29. The number of rotatable bonds is 5. The Morgan fingerprint density at radius 3 is 2.75 bits per heavy atom. The maximum atomic E-state index is 12.1. The summed E-state index contributed by atoms with van der Waals surface area (Å²) in [7, 11) is 1.79. The van der Waals surface area contributed by atoms with Crippen LogP contribution in [0.4, 0.5) is 5.69 Å². The van der Waals surface area contributed by atoms with Crippen molar-refractivity contribution < 1.29 is 9.90 Å². The van der Waals surface area contributed by atoms with Crippen molar-refractivity contribution in [2.45, 2.75) is 32.4 Å². The van der Waals surface area contributed by atoms with Gasteiger partial charge in [0.05, 0.1) is 23.3 Å². The fourth-order valence-electron chi connectivity index (χ4n) is 1.86. The Morgan fingerprint density at radius 1 is 1.55 bits per heavy atom. The fourth-order valence-corrected chi connectivity index (χ4v) is 1.86. The summed E-state index contributed by atoms with van der Waals surface area (Å²) in [5.74, 6) is -0.174. The molecule has 5 heteroatoms. The van der Waals surface area contributed by atoms with Gasteiger partial charge in [0.25, 0.3) is 0 Å². The Kier molecular flexibility index (Phi) is 5.26. The molecule has 1 amide bonds. The molecule has 0 aromatic heterocycles. The van der Waals surface area contributed by atoms with Gasteiger partial charge < -0.3 is 10.4 Å². The van der Waals surface area contributed by atoms with Crippen LogP contribution in [-0.2, 0) is 4.79 Å². The Hall–Kier alpha value is -1.90. The number of carbonyl (C=O) groups is 1. The molecule has 0 bridgehead atoms. The topological polar surface area (TPSA) is 76.4 Å². The summed E-state index contributed by atoms with van der Waals surface area (Å²) in [6, 6.07) is 8.41. The molecule has 20 heavy (non-hydrogen) atoms. The molecule has 1 unspecified atom stereocenters. The molecule has 0 saturated carbocycles. The molecule has 0 saturated heterocycles. The highest BCUT2D eigenvalue weighted by Crippen LogP contribution is 2.12. The summed E-state index contributed by atoms with van der Waals surface area (Å²) in [6.07, 6.45) is 0. The maximum absolute atomic E-state index is 12.1. The molecule has 0 fully saturated rings. The van der Waals surface area contributed by atoms with Crippen LogP contribution >= 0.6 is 0 Å². The first-order chi connectivity index (χ1) is 9.23. The van der Waals surface area contributed by atoms with E-state index in [2.05, 4.69) is 5.32 Å². The zero-order valence-electron chi connectivity index (χ0n) is 12.3. The van der Waals surface area contributed by atoms with Crippen LogP contribution in [-0.4, -0.2) is 41.1 Å². The van der Waals surface area contributed by atoms with E-state index in [-0.39, 0.29) is 11.9 Å². The molecule has 0 spiro atoms. The summed E-state index contributed by atoms with van der Waals surface area (Å²) < 4.78 is 0. The van der Waals surface area contributed by atoms with Gasteiger partial charge in [0.2, 0.25) is 5.91 Å². The minimum Gasteiger partial charge on any atom is -0.389 e. The quantitative estimate of drug-likeness (QED) is 0.855. The van der Waals surface area contributed by atoms with E-state index in [0.717, 1.165) is 0 Å². The van der Waals surface area contributed by atoms with Gasteiger partial charge in [0, 0.05) is 12.2 Å². The highest BCUT2D eigenvalue weighted by atomic mass is 16.3. The van der Waals surface area contributed by atoms with Gasteiger partial charge in [0.1, 0.15) is 0 Å². The number of aliphatic hydroxyl groups is 1. The largest absolute Gasteiger partial charge is 0.389 e. The van der Waals surface area contributed by atoms with Gasteiger partial charge in [-0.3, -0.25) is 9.69 Å². The number of nitriles is 1. The van der Waals surface area contributed by atoms with E-state index in [1.165, 1.54) is 0 Å². The van der Waals surface area contributed by atoms with Crippen LogP contribution < -0.4 is 5.32 Å². The van der Waals surface area contributed by atoms with E-state index < -0.39 is 5.60 Å². The number of hydrogen-bond acceptors (Lipinski definition) is 4. The zero-order valence-corrected chi connectivity index (χ0v) is 12.3. The highest BCUT2D eigenvalue weighted by molar-refractivity contribution is 5.94. The van der Waals surface area contributed by atoms with E-state index >= 15 is 0 Å². The Morgan fingerprint density at radius 2 is 2.20 bits per heavy atom. The smallest absolute Gasteiger partial charge is 0.241 e. The van der Waals surface area contributed by atoms with Crippen LogP contribution in [0.3, 0.4) is 0 Å². The summed E-state index contributed by atoms with van der Waals surface area (Å²) in [5.41, 5.74) is 0.238. The van der Waals surface area contributed by atoms with Gasteiger partial charge >= 0.3 is 0 Å². The average molecular weight is 275 g/mol. The Labute approximate surface area is 119 Å². The maximum Gasteiger partial charge on any atom is 0.241 e. The molecule has 0 radical (unpaired) electrons. The molecule has 0 aliphatic carbocycles. The molecule has 1 atom stereocenters. The number of nitrogens with zero attached hydrogens (tertiary/aromatic N) is 2. The minimum atomic E-state index is -0.857. The normalized spacial score (nSPS) is 12.8. The van der Waals surface area contributed by atoms with Gasteiger partial charge in [0.15, 0.2) is 0 Å². The van der Waals surface area contributed by atoms with Crippen LogP contribution in [0, 0.1) is 11.3 Å². The third-order valence-electron chi connectivity index (χ3n) is 2.94.